The molecule has 26 heavy (non-hydrogen) atoms. The Labute approximate surface area is 151 Å². The van der Waals surface area contributed by atoms with Gasteiger partial charge in [-0.05, 0) is 49.4 Å². The Balaban J connectivity index is 1.92. The second-order valence-electron chi connectivity index (χ2n) is 5.43. The van der Waals surface area contributed by atoms with E-state index in [1.165, 1.54) is 27.2 Å². The van der Waals surface area contributed by atoms with Crippen molar-refractivity contribution < 1.29 is 23.9 Å². The molecule has 0 heterocycles. The molecule has 0 bridgehead atoms. The number of hydrogen-bond acceptors (Lipinski definition) is 5. The van der Waals surface area contributed by atoms with Gasteiger partial charge < -0.3 is 20.1 Å². The fourth-order valence-corrected chi connectivity index (χ4v) is 2.23. The maximum absolute atomic E-state index is 12.2. The Morgan fingerprint density at radius 3 is 2.08 bits per heavy atom. The first-order chi connectivity index (χ1) is 12.4. The molecule has 0 aliphatic heterocycles. The van der Waals surface area contributed by atoms with Crippen LogP contribution in [0.2, 0.25) is 0 Å². The Morgan fingerprint density at radius 1 is 0.885 bits per heavy atom. The van der Waals surface area contributed by atoms with Crippen LogP contribution in [-0.4, -0.2) is 38.4 Å². The van der Waals surface area contributed by atoms with Crippen LogP contribution in [0, 0.1) is 0 Å². The molecule has 7 nitrogen and oxygen atoms in total. The Morgan fingerprint density at radius 2 is 1.50 bits per heavy atom. The van der Waals surface area contributed by atoms with Crippen LogP contribution in [0.3, 0.4) is 0 Å². The van der Waals surface area contributed by atoms with Crippen molar-refractivity contribution in [1.82, 2.24) is 5.32 Å². The van der Waals surface area contributed by atoms with E-state index in [-0.39, 0.29) is 18.2 Å². The second-order valence-corrected chi connectivity index (χ2v) is 5.43. The fourth-order valence-electron chi connectivity index (χ4n) is 2.23. The molecule has 136 valence electrons. The summed E-state index contributed by atoms with van der Waals surface area (Å²) < 4.78 is 10.3. The van der Waals surface area contributed by atoms with Crippen LogP contribution in [0.1, 0.15) is 27.6 Å². The van der Waals surface area contributed by atoms with Gasteiger partial charge in [-0.25, -0.2) is 0 Å². The number of anilines is 1. The molecule has 0 aliphatic rings. The number of ketones is 1. The molecule has 0 unspecified atom stereocenters. The van der Waals surface area contributed by atoms with Gasteiger partial charge in [0.15, 0.2) is 17.3 Å². The summed E-state index contributed by atoms with van der Waals surface area (Å²) in [6.45, 7) is 1.28. The highest BCUT2D eigenvalue weighted by Gasteiger charge is 2.12. The fraction of sp³-hybridized carbons (Fsp3) is 0.211. The number of amides is 2. The molecule has 0 aromatic heterocycles. The van der Waals surface area contributed by atoms with Crippen molar-refractivity contribution in [1.29, 1.82) is 0 Å². The Bertz CT molecular complexity index is 815. The van der Waals surface area contributed by atoms with E-state index in [9.17, 15) is 14.4 Å². The first-order valence-electron chi connectivity index (χ1n) is 7.85. The molecule has 2 aromatic carbocycles. The van der Waals surface area contributed by atoms with Crippen molar-refractivity contribution in [3.05, 3.63) is 53.6 Å². The van der Waals surface area contributed by atoms with Gasteiger partial charge in [-0.1, -0.05) is 0 Å². The van der Waals surface area contributed by atoms with Crippen molar-refractivity contribution in [2.75, 3.05) is 26.1 Å². The average molecular weight is 356 g/mol. The lowest BCUT2D eigenvalue weighted by Crippen LogP contribution is -2.32. The summed E-state index contributed by atoms with van der Waals surface area (Å²) in [5.74, 6) is 0.0958. The summed E-state index contributed by atoms with van der Waals surface area (Å²) in [6, 6.07) is 11.2. The van der Waals surface area contributed by atoms with Crippen LogP contribution in [-0.2, 0) is 4.79 Å². The molecule has 2 amide bonds. The van der Waals surface area contributed by atoms with Crippen LogP contribution in [0.5, 0.6) is 11.5 Å². The maximum atomic E-state index is 12.2. The summed E-state index contributed by atoms with van der Waals surface area (Å²) in [5, 5.41) is 5.18. The third-order valence-corrected chi connectivity index (χ3v) is 3.63. The molecule has 0 spiro atoms. The number of nitrogens with one attached hydrogen (secondary N) is 2. The van der Waals surface area contributed by atoms with Crippen molar-refractivity contribution in [2.45, 2.75) is 6.92 Å². The molecule has 0 radical (unpaired) electrons. The smallest absolute Gasteiger partial charge is 0.251 e. The normalized spacial score (nSPS) is 9.96. The molecule has 0 saturated carbocycles. The number of benzene rings is 2. The average Bonchev–Trinajstić information content (AvgIpc) is 2.65. The minimum atomic E-state index is -0.409. The zero-order valence-corrected chi connectivity index (χ0v) is 14.8. The van der Waals surface area contributed by atoms with Gasteiger partial charge >= 0.3 is 0 Å². The summed E-state index contributed by atoms with van der Waals surface area (Å²) >= 11 is 0. The SMILES string of the molecule is COc1ccc(C(=O)NCC(=O)Nc2ccc(C(C)=O)cc2)cc1OC. The molecule has 0 saturated heterocycles. The van der Waals surface area contributed by atoms with Gasteiger partial charge in [-0.3, -0.25) is 14.4 Å². The van der Waals surface area contributed by atoms with Crippen molar-refractivity contribution in [3.8, 4) is 11.5 Å². The first kappa shape index (κ1) is 19.0. The lowest BCUT2D eigenvalue weighted by atomic mass is 10.1. The van der Waals surface area contributed by atoms with E-state index >= 15 is 0 Å². The maximum Gasteiger partial charge on any atom is 0.251 e. The molecule has 2 N–H and O–H groups in total. The monoisotopic (exact) mass is 356 g/mol. The minimum absolute atomic E-state index is 0.0509. The summed E-state index contributed by atoms with van der Waals surface area (Å²) in [6.07, 6.45) is 0. The van der Waals surface area contributed by atoms with Gasteiger partial charge in [0.25, 0.3) is 5.91 Å². The van der Waals surface area contributed by atoms with E-state index in [0.717, 1.165) is 0 Å². The molecule has 0 aliphatic carbocycles. The van der Waals surface area contributed by atoms with Gasteiger partial charge in [0.05, 0.1) is 20.8 Å². The Hall–Kier alpha value is -3.35. The highest BCUT2D eigenvalue weighted by molar-refractivity contribution is 6.00. The quantitative estimate of drug-likeness (QED) is 0.742. The predicted molar refractivity (Wildman–Crippen MR) is 97.0 cm³/mol. The zero-order valence-electron chi connectivity index (χ0n) is 14.8. The summed E-state index contributed by atoms with van der Waals surface area (Å²) in [7, 11) is 2.98. The third-order valence-electron chi connectivity index (χ3n) is 3.63. The molecular weight excluding hydrogens is 336 g/mol. The predicted octanol–water partition coefficient (Wildman–Crippen LogP) is 2.27. The zero-order chi connectivity index (χ0) is 19.1. The van der Waals surface area contributed by atoms with Crippen LogP contribution in [0.15, 0.2) is 42.5 Å². The first-order valence-corrected chi connectivity index (χ1v) is 7.85. The van der Waals surface area contributed by atoms with Crippen molar-refractivity contribution >= 4 is 23.3 Å². The molecule has 2 aromatic rings. The summed E-state index contributed by atoms with van der Waals surface area (Å²) in [4.78, 5) is 35.3. The van der Waals surface area contributed by atoms with Crippen molar-refractivity contribution in [3.63, 3.8) is 0 Å². The Kier molecular flexibility index (Phi) is 6.32. The molecular formula is C19H20N2O5. The van der Waals surface area contributed by atoms with E-state index in [1.807, 2.05) is 0 Å². The van der Waals surface area contributed by atoms with Crippen LogP contribution in [0.4, 0.5) is 5.69 Å². The standard InChI is InChI=1S/C19H20N2O5/c1-12(22)13-4-7-15(8-5-13)21-18(23)11-20-19(24)14-6-9-16(25-2)17(10-14)26-3/h4-10H,11H2,1-3H3,(H,20,24)(H,21,23). The van der Waals surface area contributed by atoms with Gasteiger partial charge in [0.2, 0.25) is 5.91 Å². The van der Waals surface area contributed by atoms with Gasteiger partial charge in [0.1, 0.15) is 0 Å². The number of ether oxygens (including phenoxy) is 2. The van der Waals surface area contributed by atoms with E-state index in [2.05, 4.69) is 10.6 Å². The number of hydrogen-bond donors (Lipinski definition) is 2. The van der Waals surface area contributed by atoms with Gasteiger partial charge in [-0.2, -0.15) is 0 Å². The number of rotatable bonds is 7. The third kappa shape index (κ3) is 4.83. The molecule has 0 atom stereocenters. The van der Waals surface area contributed by atoms with E-state index in [1.54, 1.807) is 36.4 Å². The van der Waals surface area contributed by atoms with Crippen LogP contribution >= 0.6 is 0 Å². The molecule has 0 fully saturated rings. The minimum Gasteiger partial charge on any atom is -0.493 e. The number of carbonyl (C=O) groups is 3. The van der Waals surface area contributed by atoms with E-state index < -0.39 is 5.91 Å². The van der Waals surface area contributed by atoms with Crippen LogP contribution in [0.25, 0.3) is 0 Å². The van der Waals surface area contributed by atoms with Gasteiger partial charge in [-0.15, -0.1) is 0 Å². The van der Waals surface area contributed by atoms with Crippen LogP contribution < -0.4 is 20.1 Å². The largest absolute Gasteiger partial charge is 0.493 e. The van der Waals surface area contributed by atoms with Gasteiger partial charge in [0, 0.05) is 16.8 Å². The second kappa shape index (κ2) is 8.66. The molecule has 7 heteroatoms. The van der Waals surface area contributed by atoms with E-state index in [0.29, 0.717) is 28.3 Å². The van der Waals surface area contributed by atoms with Crippen molar-refractivity contribution in [2.24, 2.45) is 0 Å². The summed E-state index contributed by atoms with van der Waals surface area (Å²) in [5.41, 5.74) is 1.45. The highest BCUT2D eigenvalue weighted by atomic mass is 16.5. The number of Topliss-reactive ketones (excluding diaryl/α,β-unsaturated/α-hetero) is 1. The highest BCUT2D eigenvalue weighted by Crippen LogP contribution is 2.27. The lowest BCUT2D eigenvalue weighted by Gasteiger charge is -2.10. The van der Waals surface area contributed by atoms with E-state index in [4.69, 9.17) is 9.47 Å². The topological polar surface area (TPSA) is 93.7 Å². The number of methoxy groups -OCH3 is 2. The lowest BCUT2D eigenvalue weighted by molar-refractivity contribution is -0.115. The molecule has 2 rings (SSSR count). The number of carbonyl (C=O) groups excluding carboxylic acids is 3.